The van der Waals surface area contributed by atoms with Crippen molar-refractivity contribution >= 4 is 27.6 Å². The molecule has 3 N–H and O–H groups in total. The van der Waals surface area contributed by atoms with Crippen LogP contribution in [0.4, 0.5) is 10.5 Å². The monoisotopic (exact) mass is 342 g/mol. The molecular formula is C13H19BrN4O2. The molecule has 1 unspecified atom stereocenters. The van der Waals surface area contributed by atoms with Crippen LogP contribution in [0.15, 0.2) is 16.7 Å². The van der Waals surface area contributed by atoms with Crippen LogP contribution in [0.2, 0.25) is 0 Å². The minimum atomic E-state index is -0.249. The normalized spacial score (nSPS) is 19.2. The lowest BCUT2D eigenvalue weighted by molar-refractivity contribution is 0.0689. The maximum atomic E-state index is 11.9. The van der Waals surface area contributed by atoms with Gasteiger partial charge in [-0.2, -0.15) is 0 Å². The second-order valence-electron chi connectivity index (χ2n) is 4.67. The van der Waals surface area contributed by atoms with E-state index in [2.05, 4.69) is 36.9 Å². The van der Waals surface area contributed by atoms with E-state index < -0.39 is 0 Å². The van der Waals surface area contributed by atoms with E-state index in [1.54, 1.807) is 6.20 Å². The standard InChI is InChI=1S/C13H19BrN4O2/c1-9-12(5-10(14)6-16-9)18-13(19)17-8-11-7-15-3-2-4-20-11/h5-6,11,15H,2-4,7-8H2,1H3,(H2,17,18,19). The Morgan fingerprint density at radius 2 is 2.50 bits per heavy atom. The number of anilines is 1. The van der Waals surface area contributed by atoms with Crippen molar-refractivity contribution < 1.29 is 9.53 Å². The molecule has 0 spiro atoms. The number of amides is 2. The first-order valence-electron chi connectivity index (χ1n) is 6.64. The highest BCUT2D eigenvalue weighted by atomic mass is 79.9. The number of urea groups is 1. The number of carbonyl (C=O) groups excluding carboxylic acids is 1. The molecule has 1 aliphatic heterocycles. The number of nitrogens with one attached hydrogen (secondary N) is 3. The molecule has 0 radical (unpaired) electrons. The number of ether oxygens (including phenoxy) is 1. The molecule has 20 heavy (non-hydrogen) atoms. The molecule has 0 aliphatic carbocycles. The number of rotatable bonds is 3. The first-order valence-corrected chi connectivity index (χ1v) is 7.44. The van der Waals surface area contributed by atoms with Crippen LogP contribution in [-0.2, 0) is 4.74 Å². The first-order chi connectivity index (χ1) is 9.65. The third-order valence-electron chi connectivity index (χ3n) is 3.02. The van der Waals surface area contributed by atoms with Gasteiger partial charge in [-0.25, -0.2) is 4.79 Å². The van der Waals surface area contributed by atoms with Gasteiger partial charge in [0.1, 0.15) is 0 Å². The average molecular weight is 343 g/mol. The molecule has 0 aromatic carbocycles. The molecule has 0 bridgehead atoms. The number of aryl methyl sites for hydroxylation is 1. The summed E-state index contributed by atoms with van der Waals surface area (Å²) in [6.07, 6.45) is 2.72. The second-order valence-corrected chi connectivity index (χ2v) is 5.59. The molecule has 1 aromatic heterocycles. The van der Waals surface area contributed by atoms with Crippen molar-refractivity contribution in [3.63, 3.8) is 0 Å². The van der Waals surface area contributed by atoms with E-state index in [4.69, 9.17) is 4.74 Å². The van der Waals surface area contributed by atoms with E-state index in [1.165, 1.54) is 0 Å². The van der Waals surface area contributed by atoms with Gasteiger partial charge in [-0.1, -0.05) is 0 Å². The van der Waals surface area contributed by atoms with Gasteiger partial charge >= 0.3 is 6.03 Å². The Balaban J connectivity index is 1.81. The van der Waals surface area contributed by atoms with Crippen LogP contribution >= 0.6 is 15.9 Å². The van der Waals surface area contributed by atoms with Crippen molar-refractivity contribution in [1.82, 2.24) is 15.6 Å². The van der Waals surface area contributed by atoms with Gasteiger partial charge in [0.2, 0.25) is 0 Å². The molecule has 110 valence electrons. The molecule has 6 nitrogen and oxygen atoms in total. The quantitative estimate of drug-likeness (QED) is 0.780. The van der Waals surface area contributed by atoms with Crippen LogP contribution in [0.25, 0.3) is 0 Å². The van der Waals surface area contributed by atoms with E-state index in [0.29, 0.717) is 12.2 Å². The fraction of sp³-hybridized carbons (Fsp3) is 0.538. The van der Waals surface area contributed by atoms with Crippen LogP contribution in [0, 0.1) is 6.92 Å². The Morgan fingerprint density at radius 1 is 1.65 bits per heavy atom. The molecule has 2 heterocycles. The third-order valence-corrected chi connectivity index (χ3v) is 3.45. The van der Waals surface area contributed by atoms with Crippen molar-refractivity contribution in [3.8, 4) is 0 Å². The summed E-state index contributed by atoms with van der Waals surface area (Å²) in [6.45, 7) is 4.79. The molecule has 1 fully saturated rings. The summed E-state index contributed by atoms with van der Waals surface area (Å²) < 4.78 is 6.45. The summed E-state index contributed by atoms with van der Waals surface area (Å²) in [4.78, 5) is 16.0. The van der Waals surface area contributed by atoms with Crippen LogP contribution in [-0.4, -0.2) is 43.4 Å². The molecule has 2 rings (SSSR count). The Morgan fingerprint density at radius 3 is 3.35 bits per heavy atom. The van der Waals surface area contributed by atoms with Crippen molar-refractivity contribution in [2.45, 2.75) is 19.4 Å². The highest BCUT2D eigenvalue weighted by Gasteiger charge is 2.13. The summed E-state index contributed by atoms with van der Waals surface area (Å²) in [6, 6.07) is 1.58. The second kappa shape index (κ2) is 7.56. The van der Waals surface area contributed by atoms with E-state index in [9.17, 15) is 4.79 Å². The minimum Gasteiger partial charge on any atom is -0.375 e. The van der Waals surface area contributed by atoms with E-state index in [1.807, 2.05) is 13.0 Å². The summed E-state index contributed by atoms with van der Waals surface area (Å²) in [5.41, 5.74) is 1.47. The van der Waals surface area contributed by atoms with Crippen molar-refractivity contribution in [2.75, 3.05) is 31.6 Å². The van der Waals surface area contributed by atoms with Gasteiger partial charge in [0, 0.05) is 30.4 Å². The van der Waals surface area contributed by atoms with Gasteiger partial charge in [-0.3, -0.25) is 4.98 Å². The number of aromatic nitrogens is 1. The van der Waals surface area contributed by atoms with Gasteiger partial charge in [0.15, 0.2) is 0 Å². The number of carbonyl (C=O) groups is 1. The van der Waals surface area contributed by atoms with Gasteiger partial charge in [0.05, 0.1) is 17.5 Å². The topological polar surface area (TPSA) is 75.3 Å². The summed E-state index contributed by atoms with van der Waals surface area (Å²) in [5, 5.41) is 8.88. The predicted molar refractivity (Wildman–Crippen MR) is 80.9 cm³/mol. The number of nitrogens with zero attached hydrogens (tertiary/aromatic N) is 1. The summed E-state index contributed by atoms with van der Waals surface area (Å²) in [5.74, 6) is 0. The molecule has 2 amide bonds. The number of hydrogen-bond acceptors (Lipinski definition) is 4. The molecular weight excluding hydrogens is 324 g/mol. The van der Waals surface area contributed by atoms with E-state index in [0.717, 1.165) is 36.3 Å². The average Bonchev–Trinajstić information content (AvgIpc) is 2.69. The molecule has 1 aromatic rings. The zero-order valence-corrected chi connectivity index (χ0v) is 13.0. The maximum Gasteiger partial charge on any atom is 0.319 e. The first kappa shape index (κ1) is 15.2. The van der Waals surface area contributed by atoms with E-state index >= 15 is 0 Å². The Labute approximate surface area is 126 Å². The number of halogens is 1. The van der Waals surface area contributed by atoms with Crippen LogP contribution in [0.3, 0.4) is 0 Å². The fourth-order valence-corrected chi connectivity index (χ4v) is 2.24. The Bertz CT molecular complexity index is 462. The lowest BCUT2D eigenvalue weighted by Gasteiger charge is -2.16. The number of pyridine rings is 1. The predicted octanol–water partition coefficient (Wildman–Crippen LogP) is 1.65. The Hall–Kier alpha value is -1.18. The largest absolute Gasteiger partial charge is 0.375 e. The summed E-state index contributed by atoms with van der Waals surface area (Å²) >= 11 is 3.33. The van der Waals surface area contributed by atoms with Gasteiger partial charge in [0.25, 0.3) is 0 Å². The lowest BCUT2D eigenvalue weighted by Crippen LogP contribution is -2.40. The SMILES string of the molecule is Cc1ncc(Br)cc1NC(=O)NCC1CNCCCO1. The molecule has 1 atom stereocenters. The molecule has 0 saturated carbocycles. The number of hydrogen-bond donors (Lipinski definition) is 3. The van der Waals surface area contributed by atoms with Crippen molar-refractivity contribution in [3.05, 3.63) is 22.4 Å². The summed E-state index contributed by atoms with van der Waals surface area (Å²) in [7, 11) is 0. The van der Waals surface area contributed by atoms with Crippen molar-refractivity contribution in [2.24, 2.45) is 0 Å². The zero-order chi connectivity index (χ0) is 14.4. The third kappa shape index (κ3) is 4.73. The van der Waals surface area contributed by atoms with Gasteiger partial charge < -0.3 is 20.7 Å². The molecule has 7 heteroatoms. The Kier molecular flexibility index (Phi) is 5.75. The lowest BCUT2D eigenvalue weighted by atomic mass is 10.3. The maximum absolute atomic E-state index is 11.9. The van der Waals surface area contributed by atoms with Gasteiger partial charge in [-0.15, -0.1) is 0 Å². The molecule has 1 aliphatic rings. The van der Waals surface area contributed by atoms with E-state index in [-0.39, 0.29) is 12.1 Å². The van der Waals surface area contributed by atoms with Crippen LogP contribution in [0.1, 0.15) is 12.1 Å². The molecule has 1 saturated heterocycles. The van der Waals surface area contributed by atoms with Gasteiger partial charge in [-0.05, 0) is 41.9 Å². The fourth-order valence-electron chi connectivity index (χ4n) is 1.91. The van der Waals surface area contributed by atoms with Crippen LogP contribution in [0.5, 0.6) is 0 Å². The van der Waals surface area contributed by atoms with Crippen LogP contribution < -0.4 is 16.0 Å². The zero-order valence-electron chi connectivity index (χ0n) is 11.4. The highest BCUT2D eigenvalue weighted by Crippen LogP contribution is 2.17. The minimum absolute atomic E-state index is 0.0185. The highest BCUT2D eigenvalue weighted by molar-refractivity contribution is 9.10. The smallest absolute Gasteiger partial charge is 0.319 e. The van der Waals surface area contributed by atoms with Crippen molar-refractivity contribution in [1.29, 1.82) is 0 Å².